The molecule has 1 atom stereocenters. The predicted molar refractivity (Wildman–Crippen MR) is 127 cm³/mol. The standard InChI is InChI=1S/C26H28N2O4S/c29-24(13-12-22-17-20(14-15-27-22)19-7-2-1-3-8-19)23-10-6-16-28(23)33(30,31)26-18-21-9-4-5-11-25(21)32-26/h4-5,7,9,11,14-15,17-18,23H,1-3,6,8,10,12-13,16H2/t23-/m0/s1. The lowest BCUT2D eigenvalue weighted by Crippen LogP contribution is -2.40. The number of hydrogen-bond donors (Lipinski definition) is 0. The number of hydrogen-bond acceptors (Lipinski definition) is 5. The first-order valence-corrected chi connectivity index (χ1v) is 13.1. The fourth-order valence-corrected chi connectivity index (χ4v) is 6.51. The molecule has 0 N–H and O–H groups in total. The van der Waals surface area contributed by atoms with E-state index >= 15 is 0 Å². The molecule has 0 radical (unpaired) electrons. The maximum atomic E-state index is 13.3. The molecule has 1 aliphatic carbocycles. The molecule has 0 amide bonds. The third-order valence-electron chi connectivity index (χ3n) is 6.65. The Morgan fingerprint density at radius 3 is 2.82 bits per heavy atom. The Balaban J connectivity index is 1.29. The lowest BCUT2D eigenvalue weighted by molar-refractivity contribution is -0.122. The van der Waals surface area contributed by atoms with E-state index in [1.165, 1.54) is 28.3 Å². The van der Waals surface area contributed by atoms with Crippen molar-refractivity contribution in [3.05, 3.63) is 66.0 Å². The highest BCUT2D eigenvalue weighted by Crippen LogP contribution is 2.31. The van der Waals surface area contributed by atoms with E-state index in [1.807, 2.05) is 18.2 Å². The van der Waals surface area contributed by atoms with Crippen molar-refractivity contribution in [1.29, 1.82) is 0 Å². The van der Waals surface area contributed by atoms with E-state index in [2.05, 4.69) is 17.1 Å². The van der Waals surface area contributed by atoms with Crippen LogP contribution in [0.15, 0.2) is 64.2 Å². The molecular formula is C26H28N2O4S. The average Bonchev–Trinajstić information content (AvgIpc) is 3.52. The topological polar surface area (TPSA) is 80.5 Å². The van der Waals surface area contributed by atoms with Crippen LogP contribution in [0.5, 0.6) is 0 Å². The van der Waals surface area contributed by atoms with E-state index in [1.54, 1.807) is 24.4 Å². The molecule has 1 fully saturated rings. The largest absolute Gasteiger partial charge is 0.443 e. The molecule has 5 rings (SSSR count). The van der Waals surface area contributed by atoms with Gasteiger partial charge in [0.2, 0.25) is 5.09 Å². The number of furan rings is 1. The van der Waals surface area contributed by atoms with E-state index in [4.69, 9.17) is 4.42 Å². The van der Waals surface area contributed by atoms with Crippen molar-refractivity contribution < 1.29 is 17.6 Å². The molecular weight excluding hydrogens is 436 g/mol. The number of aryl methyl sites for hydroxylation is 1. The fraction of sp³-hybridized carbons (Fsp3) is 0.385. The summed E-state index contributed by atoms with van der Waals surface area (Å²) in [5, 5.41) is 0.635. The Labute approximate surface area is 194 Å². The van der Waals surface area contributed by atoms with Crippen LogP contribution in [-0.4, -0.2) is 36.1 Å². The molecule has 3 aromatic rings. The highest BCUT2D eigenvalue weighted by molar-refractivity contribution is 7.89. The summed E-state index contributed by atoms with van der Waals surface area (Å²) in [6.45, 7) is 0.331. The number of benzene rings is 1. The normalized spacial score (nSPS) is 19.6. The van der Waals surface area contributed by atoms with E-state index in [-0.39, 0.29) is 17.3 Å². The number of carbonyl (C=O) groups excluding carboxylic acids is 1. The van der Waals surface area contributed by atoms with Gasteiger partial charge < -0.3 is 4.42 Å². The second-order valence-corrected chi connectivity index (χ2v) is 10.7. The van der Waals surface area contributed by atoms with Gasteiger partial charge >= 0.3 is 0 Å². The number of carbonyl (C=O) groups is 1. The molecule has 1 saturated heterocycles. The number of Topliss-reactive ketones (excluding diaryl/α,β-unsaturated/α-hetero) is 1. The van der Waals surface area contributed by atoms with Gasteiger partial charge in [-0.15, -0.1) is 0 Å². The van der Waals surface area contributed by atoms with Crippen molar-refractivity contribution >= 4 is 32.3 Å². The van der Waals surface area contributed by atoms with Crippen molar-refractivity contribution in [2.24, 2.45) is 0 Å². The monoisotopic (exact) mass is 464 g/mol. The SMILES string of the molecule is O=C(CCc1cc(C2=CCCCC2)ccn1)[C@@H]1CCCN1S(=O)(=O)c1cc2ccccc2o1. The summed E-state index contributed by atoms with van der Waals surface area (Å²) in [5.74, 6) is -0.0590. The first-order chi connectivity index (χ1) is 16.0. The minimum absolute atomic E-state index is 0.0590. The van der Waals surface area contributed by atoms with Crippen LogP contribution in [-0.2, 0) is 21.2 Å². The van der Waals surface area contributed by atoms with Gasteiger partial charge in [-0.05, 0) is 74.3 Å². The van der Waals surface area contributed by atoms with Crippen LogP contribution >= 0.6 is 0 Å². The maximum Gasteiger partial charge on any atom is 0.277 e. The van der Waals surface area contributed by atoms with Crippen molar-refractivity contribution in [2.45, 2.75) is 62.5 Å². The molecule has 0 bridgehead atoms. The first kappa shape index (κ1) is 22.0. The zero-order valence-corrected chi connectivity index (χ0v) is 19.4. The van der Waals surface area contributed by atoms with Gasteiger partial charge in [-0.25, -0.2) is 8.42 Å². The molecule has 7 heteroatoms. The smallest absolute Gasteiger partial charge is 0.277 e. The van der Waals surface area contributed by atoms with Crippen LogP contribution in [0.1, 0.15) is 56.2 Å². The van der Waals surface area contributed by atoms with Crippen LogP contribution in [0, 0.1) is 0 Å². The Morgan fingerprint density at radius 2 is 2.00 bits per heavy atom. The van der Waals surface area contributed by atoms with Crippen LogP contribution in [0.4, 0.5) is 0 Å². The van der Waals surface area contributed by atoms with Crippen LogP contribution in [0.25, 0.3) is 16.5 Å². The minimum Gasteiger partial charge on any atom is -0.443 e. The average molecular weight is 465 g/mol. The van der Waals surface area contributed by atoms with E-state index < -0.39 is 16.1 Å². The molecule has 0 spiro atoms. The van der Waals surface area contributed by atoms with Crippen LogP contribution < -0.4 is 0 Å². The number of allylic oxidation sites excluding steroid dienone is 2. The summed E-state index contributed by atoms with van der Waals surface area (Å²) in [7, 11) is -3.88. The Kier molecular flexibility index (Phi) is 6.17. The second kappa shape index (κ2) is 9.23. The Hall–Kier alpha value is -2.77. The van der Waals surface area contributed by atoms with Crippen molar-refractivity contribution in [3.63, 3.8) is 0 Å². The zero-order chi connectivity index (χ0) is 22.8. The molecule has 2 aromatic heterocycles. The number of pyridine rings is 1. The van der Waals surface area contributed by atoms with Gasteiger partial charge in [-0.3, -0.25) is 9.78 Å². The summed E-state index contributed by atoms with van der Waals surface area (Å²) in [6.07, 6.45) is 10.7. The van der Waals surface area contributed by atoms with Crippen LogP contribution in [0.3, 0.4) is 0 Å². The van der Waals surface area contributed by atoms with Gasteiger partial charge in [-0.1, -0.05) is 24.3 Å². The summed E-state index contributed by atoms with van der Waals surface area (Å²) in [6, 6.07) is 12.2. The zero-order valence-electron chi connectivity index (χ0n) is 18.6. The number of nitrogens with zero attached hydrogens (tertiary/aromatic N) is 2. The predicted octanol–water partition coefficient (Wildman–Crippen LogP) is 5.14. The molecule has 33 heavy (non-hydrogen) atoms. The lowest BCUT2D eigenvalue weighted by Gasteiger charge is -2.21. The quantitative estimate of drug-likeness (QED) is 0.484. The summed E-state index contributed by atoms with van der Waals surface area (Å²) < 4.78 is 33.5. The number of aromatic nitrogens is 1. The van der Waals surface area contributed by atoms with Crippen molar-refractivity contribution in [3.8, 4) is 0 Å². The van der Waals surface area contributed by atoms with Gasteiger partial charge in [0.05, 0.1) is 6.04 Å². The third-order valence-corrected chi connectivity index (χ3v) is 8.41. The van der Waals surface area contributed by atoms with Gasteiger partial charge in [-0.2, -0.15) is 4.31 Å². The third kappa shape index (κ3) is 4.52. The second-order valence-electron chi connectivity index (χ2n) is 8.85. The number of rotatable bonds is 7. The van der Waals surface area contributed by atoms with Crippen molar-refractivity contribution in [1.82, 2.24) is 9.29 Å². The fourth-order valence-electron chi connectivity index (χ4n) is 4.88. The van der Waals surface area contributed by atoms with Gasteiger partial charge in [0.15, 0.2) is 5.78 Å². The number of sulfonamides is 1. The highest BCUT2D eigenvalue weighted by Gasteiger charge is 2.40. The Morgan fingerprint density at radius 1 is 1.12 bits per heavy atom. The minimum atomic E-state index is -3.88. The van der Waals surface area contributed by atoms with Crippen LogP contribution in [0.2, 0.25) is 0 Å². The van der Waals surface area contributed by atoms with E-state index in [0.717, 1.165) is 23.9 Å². The molecule has 0 unspecified atom stereocenters. The molecule has 2 aliphatic rings. The van der Waals surface area contributed by atoms with E-state index in [0.29, 0.717) is 31.4 Å². The molecule has 0 saturated carbocycles. The molecule has 6 nitrogen and oxygen atoms in total. The van der Waals surface area contributed by atoms with Gasteiger partial charge in [0.1, 0.15) is 5.58 Å². The summed E-state index contributed by atoms with van der Waals surface area (Å²) in [5.41, 5.74) is 3.94. The first-order valence-electron chi connectivity index (χ1n) is 11.7. The summed E-state index contributed by atoms with van der Waals surface area (Å²) in [4.78, 5) is 17.5. The van der Waals surface area contributed by atoms with Crippen molar-refractivity contribution in [2.75, 3.05) is 6.54 Å². The van der Waals surface area contributed by atoms with Gasteiger partial charge in [0.25, 0.3) is 10.0 Å². The van der Waals surface area contributed by atoms with E-state index in [9.17, 15) is 13.2 Å². The molecule has 1 aromatic carbocycles. The molecule has 1 aliphatic heterocycles. The summed E-state index contributed by atoms with van der Waals surface area (Å²) >= 11 is 0. The maximum absolute atomic E-state index is 13.3. The molecule has 172 valence electrons. The lowest BCUT2D eigenvalue weighted by atomic mass is 9.93. The Bertz CT molecular complexity index is 1280. The number of para-hydroxylation sites is 1. The number of fused-ring (bicyclic) bond motifs is 1. The van der Waals surface area contributed by atoms with Gasteiger partial charge in [0, 0.05) is 36.3 Å². The molecule has 3 heterocycles. The number of ketones is 1. The highest BCUT2D eigenvalue weighted by atomic mass is 32.2.